The number of rotatable bonds is 9. The maximum Gasteiger partial charge on any atom is 0.269 e. The maximum atomic E-state index is 13.4. The molecule has 0 aliphatic rings. The average molecular weight is 474 g/mol. The molecule has 0 saturated carbocycles. The van der Waals surface area contributed by atoms with Crippen LogP contribution in [-0.2, 0) is 11.3 Å². The van der Waals surface area contributed by atoms with Crippen molar-refractivity contribution >= 4 is 22.5 Å². The molecule has 1 aromatic heterocycles. The fourth-order valence-corrected chi connectivity index (χ4v) is 4.31. The predicted molar refractivity (Wildman–Crippen MR) is 135 cm³/mol. The Morgan fingerprint density at radius 1 is 1.06 bits per heavy atom. The molecule has 1 N–H and O–H groups in total. The smallest absolute Gasteiger partial charge is 0.269 e. The van der Waals surface area contributed by atoms with Crippen LogP contribution in [0.3, 0.4) is 0 Å². The highest BCUT2D eigenvalue weighted by Crippen LogP contribution is 2.36. The molecule has 0 fully saturated rings. The van der Waals surface area contributed by atoms with Gasteiger partial charge in [0.05, 0.1) is 4.92 Å². The van der Waals surface area contributed by atoms with Crippen LogP contribution < -0.4 is 5.32 Å². The molecule has 35 heavy (non-hydrogen) atoms. The molecule has 6 nitrogen and oxygen atoms in total. The highest BCUT2D eigenvalue weighted by atomic mass is 19.1. The average Bonchev–Trinajstić information content (AvgIpc) is 3.21. The summed E-state index contributed by atoms with van der Waals surface area (Å²) in [6.07, 6.45) is 2.17. The van der Waals surface area contributed by atoms with Crippen molar-refractivity contribution in [1.82, 2.24) is 9.88 Å². The molecule has 0 unspecified atom stereocenters. The minimum absolute atomic E-state index is 0.00913. The highest BCUT2D eigenvalue weighted by molar-refractivity contribution is 5.87. The summed E-state index contributed by atoms with van der Waals surface area (Å²) in [6.45, 7) is 5.15. The van der Waals surface area contributed by atoms with E-state index in [2.05, 4.69) is 9.88 Å². The number of benzene rings is 3. The number of para-hydroxylation sites is 1. The third kappa shape index (κ3) is 5.74. The molecule has 0 saturated heterocycles. The first-order valence-electron chi connectivity index (χ1n) is 11.6. The number of hydrogen-bond donors (Lipinski definition) is 1. The number of carbonyl (C=O) groups is 1. The number of amides is 1. The Kier molecular flexibility index (Phi) is 7.25. The van der Waals surface area contributed by atoms with Crippen LogP contribution in [0.5, 0.6) is 0 Å². The number of halogens is 1. The van der Waals surface area contributed by atoms with Crippen molar-refractivity contribution < 1.29 is 14.1 Å². The SMILES string of the molecule is CC(C)CNC(=O)C[C@@H](c1cccc([N+](=O)[O-])c1)c1cn(Cc2ccc(F)cc2)c2ccccc12. The van der Waals surface area contributed by atoms with E-state index in [1.165, 1.54) is 18.2 Å². The molecule has 4 aromatic rings. The van der Waals surface area contributed by atoms with E-state index < -0.39 is 4.92 Å². The van der Waals surface area contributed by atoms with Crippen molar-refractivity contribution in [2.24, 2.45) is 5.92 Å². The van der Waals surface area contributed by atoms with E-state index >= 15 is 0 Å². The molecule has 0 bridgehead atoms. The molecule has 0 radical (unpaired) electrons. The lowest BCUT2D eigenvalue weighted by molar-refractivity contribution is -0.384. The predicted octanol–water partition coefficient (Wildman–Crippen LogP) is 6.03. The fraction of sp³-hybridized carbons (Fsp3) is 0.250. The van der Waals surface area contributed by atoms with Gasteiger partial charge >= 0.3 is 0 Å². The van der Waals surface area contributed by atoms with Crippen LogP contribution in [0, 0.1) is 21.8 Å². The Bertz CT molecular complexity index is 1350. The fourth-order valence-electron chi connectivity index (χ4n) is 4.31. The molecule has 1 atom stereocenters. The van der Waals surface area contributed by atoms with Gasteiger partial charge < -0.3 is 9.88 Å². The Hall–Kier alpha value is -4.00. The lowest BCUT2D eigenvalue weighted by atomic mass is 9.87. The van der Waals surface area contributed by atoms with E-state index in [1.807, 2.05) is 50.4 Å². The largest absolute Gasteiger partial charge is 0.356 e. The van der Waals surface area contributed by atoms with Gasteiger partial charge in [0.15, 0.2) is 0 Å². The van der Waals surface area contributed by atoms with Crippen molar-refractivity contribution in [2.75, 3.05) is 6.54 Å². The molecule has 3 aromatic carbocycles. The van der Waals surface area contributed by atoms with Gasteiger partial charge in [-0.3, -0.25) is 14.9 Å². The second-order valence-electron chi connectivity index (χ2n) is 9.16. The van der Waals surface area contributed by atoms with E-state index in [1.54, 1.807) is 24.3 Å². The third-order valence-corrected chi connectivity index (χ3v) is 6.04. The number of fused-ring (bicyclic) bond motifs is 1. The molecule has 180 valence electrons. The Morgan fingerprint density at radius 3 is 2.51 bits per heavy atom. The normalized spacial score (nSPS) is 12.1. The lowest BCUT2D eigenvalue weighted by Crippen LogP contribution is -2.28. The Labute approximate surface area is 203 Å². The van der Waals surface area contributed by atoms with Gasteiger partial charge in [0, 0.05) is 54.7 Å². The molecule has 4 rings (SSSR count). The van der Waals surface area contributed by atoms with Crippen LogP contribution in [0.2, 0.25) is 0 Å². The van der Waals surface area contributed by atoms with Crippen molar-refractivity contribution in [3.63, 3.8) is 0 Å². The van der Waals surface area contributed by atoms with E-state index in [9.17, 15) is 19.3 Å². The van der Waals surface area contributed by atoms with E-state index in [0.29, 0.717) is 24.6 Å². The molecule has 0 aliphatic heterocycles. The summed E-state index contributed by atoms with van der Waals surface area (Å²) >= 11 is 0. The van der Waals surface area contributed by atoms with E-state index in [4.69, 9.17) is 0 Å². The second kappa shape index (κ2) is 10.5. The van der Waals surface area contributed by atoms with Crippen molar-refractivity contribution in [3.05, 3.63) is 112 Å². The van der Waals surface area contributed by atoms with Crippen LogP contribution in [0.1, 0.15) is 42.9 Å². The van der Waals surface area contributed by atoms with Gasteiger partial charge in [-0.1, -0.05) is 56.3 Å². The third-order valence-electron chi connectivity index (χ3n) is 6.04. The van der Waals surface area contributed by atoms with E-state index in [-0.39, 0.29) is 29.8 Å². The van der Waals surface area contributed by atoms with Crippen LogP contribution in [0.25, 0.3) is 10.9 Å². The van der Waals surface area contributed by atoms with Crippen molar-refractivity contribution in [3.8, 4) is 0 Å². The summed E-state index contributed by atoms with van der Waals surface area (Å²) in [7, 11) is 0. The van der Waals surface area contributed by atoms with Gasteiger partial charge in [0.25, 0.3) is 5.69 Å². The first-order valence-corrected chi connectivity index (χ1v) is 11.6. The number of nitro groups is 1. The number of aromatic nitrogens is 1. The molecule has 7 heteroatoms. The topological polar surface area (TPSA) is 77.2 Å². The molecule has 1 heterocycles. The lowest BCUT2D eigenvalue weighted by Gasteiger charge is -2.18. The Balaban J connectivity index is 1.78. The molecular formula is C28H28FN3O3. The molecular weight excluding hydrogens is 445 g/mol. The minimum Gasteiger partial charge on any atom is -0.356 e. The van der Waals surface area contributed by atoms with Crippen LogP contribution in [0.15, 0.2) is 79.0 Å². The minimum atomic E-state index is -0.419. The summed E-state index contributed by atoms with van der Waals surface area (Å²) in [6, 6.07) is 20.8. The summed E-state index contributed by atoms with van der Waals surface area (Å²) in [4.78, 5) is 23.9. The van der Waals surface area contributed by atoms with Crippen LogP contribution >= 0.6 is 0 Å². The van der Waals surface area contributed by atoms with Crippen molar-refractivity contribution in [1.29, 1.82) is 0 Å². The summed E-state index contributed by atoms with van der Waals surface area (Å²) in [5, 5.41) is 15.4. The number of carbonyl (C=O) groups excluding carboxylic acids is 1. The van der Waals surface area contributed by atoms with Gasteiger partial charge in [0.2, 0.25) is 5.91 Å². The number of nitro benzene ring substituents is 1. The molecule has 1 amide bonds. The number of non-ortho nitro benzene ring substituents is 1. The monoisotopic (exact) mass is 473 g/mol. The molecule has 0 spiro atoms. The van der Waals surface area contributed by atoms with Gasteiger partial charge in [-0.2, -0.15) is 0 Å². The number of nitrogens with one attached hydrogen (secondary N) is 1. The van der Waals surface area contributed by atoms with E-state index in [0.717, 1.165) is 22.0 Å². The highest BCUT2D eigenvalue weighted by Gasteiger charge is 2.24. The first kappa shape index (κ1) is 24.1. The van der Waals surface area contributed by atoms with Crippen molar-refractivity contribution in [2.45, 2.75) is 32.7 Å². The zero-order valence-corrected chi connectivity index (χ0v) is 19.8. The van der Waals surface area contributed by atoms with Crippen LogP contribution in [0.4, 0.5) is 10.1 Å². The van der Waals surface area contributed by atoms with Gasteiger partial charge in [-0.05, 0) is 40.8 Å². The van der Waals surface area contributed by atoms with Gasteiger partial charge in [-0.25, -0.2) is 4.39 Å². The van der Waals surface area contributed by atoms with Gasteiger partial charge in [0.1, 0.15) is 5.82 Å². The molecule has 0 aliphatic carbocycles. The van der Waals surface area contributed by atoms with Crippen LogP contribution in [-0.4, -0.2) is 21.9 Å². The number of hydrogen-bond acceptors (Lipinski definition) is 3. The summed E-state index contributed by atoms with van der Waals surface area (Å²) in [5.41, 5.74) is 3.54. The second-order valence-corrected chi connectivity index (χ2v) is 9.16. The standard InChI is InChI=1S/C28H28FN3O3/c1-19(2)16-30-28(33)15-25(21-6-5-7-23(14-21)32(34)35)26-18-31(27-9-4-3-8-24(26)27)17-20-10-12-22(29)13-11-20/h3-14,18-19,25H,15-17H2,1-2H3,(H,30,33)/t25-/m0/s1. The zero-order chi connectivity index (χ0) is 24.9. The summed E-state index contributed by atoms with van der Waals surface area (Å²) < 4.78 is 15.5. The number of nitrogens with zero attached hydrogens (tertiary/aromatic N) is 2. The maximum absolute atomic E-state index is 13.4. The Morgan fingerprint density at radius 2 is 1.80 bits per heavy atom. The quantitative estimate of drug-likeness (QED) is 0.238. The first-order chi connectivity index (χ1) is 16.8. The zero-order valence-electron chi connectivity index (χ0n) is 19.8. The summed E-state index contributed by atoms with van der Waals surface area (Å²) in [5.74, 6) is -0.454. The van der Waals surface area contributed by atoms with Gasteiger partial charge in [-0.15, -0.1) is 0 Å².